The molecule has 0 radical (unpaired) electrons. The summed E-state index contributed by atoms with van der Waals surface area (Å²) in [6, 6.07) is 20.8. The second-order valence-electron chi connectivity index (χ2n) is 20.0. The number of carbonyl (C=O) groups is 1. The van der Waals surface area contributed by atoms with Gasteiger partial charge in [0.2, 0.25) is 0 Å². The molecule has 2 aromatic heterocycles. The Morgan fingerprint density at radius 3 is 2.43 bits per heavy atom. The van der Waals surface area contributed by atoms with Crippen LogP contribution in [0.15, 0.2) is 100 Å². The van der Waals surface area contributed by atoms with Gasteiger partial charge in [0.15, 0.2) is 0 Å². The summed E-state index contributed by atoms with van der Waals surface area (Å²) in [5.41, 5.74) is 5.83. The average molecular weight is 1000 g/mol. The number of halogens is 1. The molecule has 2 fully saturated rings. The van der Waals surface area contributed by atoms with Gasteiger partial charge in [-0.25, -0.2) is 22.5 Å². The molecule has 0 saturated carbocycles. The summed E-state index contributed by atoms with van der Waals surface area (Å²) in [4.78, 5) is 40.0. The van der Waals surface area contributed by atoms with Crippen molar-refractivity contribution < 1.29 is 27.1 Å². The van der Waals surface area contributed by atoms with Crippen LogP contribution in [0.25, 0.3) is 16.6 Å². The number of sulfonamides is 1. The molecule has 5 aromatic rings. The Kier molecular flexibility index (Phi) is 15.2. The third-order valence-corrected chi connectivity index (χ3v) is 16.0. The Bertz CT molecular complexity index is 2960. The van der Waals surface area contributed by atoms with Gasteiger partial charge in [0.25, 0.3) is 21.6 Å². The summed E-state index contributed by atoms with van der Waals surface area (Å²) >= 11 is 6.26. The van der Waals surface area contributed by atoms with Crippen LogP contribution in [0.4, 0.5) is 11.4 Å². The molecule has 2 N–H and O–H groups in total. The minimum atomic E-state index is -4.57. The van der Waals surface area contributed by atoms with E-state index in [0.29, 0.717) is 23.4 Å². The number of ether oxygens (including phenoxy) is 1. The van der Waals surface area contributed by atoms with E-state index in [1.807, 2.05) is 25.1 Å². The molecule has 0 unspecified atom stereocenters. The number of anilines is 1. The zero-order chi connectivity index (χ0) is 49.1. The number of nitrogens with zero attached hydrogens (tertiary/aromatic N) is 6. The van der Waals surface area contributed by atoms with E-state index < -0.39 is 35.5 Å². The van der Waals surface area contributed by atoms with Crippen LogP contribution in [-0.4, -0.2) is 114 Å². The molecular weight excluding hydrogens is 936 g/mol. The summed E-state index contributed by atoms with van der Waals surface area (Å²) in [7, 11) is -6.72. The van der Waals surface area contributed by atoms with Gasteiger partial charge in [-0.2, -0.15) is 0 Å². The predicted molar refractivity (Wildman–Crippen MR) is 274 cm³/mol. The van der Waals surface area contributed by atoms with Crippen molar-refractivity contribution in [2.45, 2.75) is 76.7 Å². The quantitative estimate of drug-likeness (QED) is 0.0709. The van der Waals surface area contributed by atoms with E-state index in [0.717, 1.165) is 113 Å². The number of fused-ring (bicyclic) bond motifs is 1. The summed E-state index contributed by atoms with van der Waals surface area (Å²) < 4.78 is 52.8. The molecule has 8 rings (SSSR count). The number of nitro groups is 1. The number of rotatable bonds is 16. The first-order valence-electron chi connectivity index (χ1n) is 23.7. The maximum Gasteiger partial charge on any atom is 0.273 e. The van der Waals surface area contributed by atoms with Gasteiger partial charge in [-0.05, 0) is 116 Å². The number of piperidine rings is 1. The number of aromatic amines is 1. The first-order valence-corrected chi connectivity index (χ1v) is 27.9. The lowest BCUT2D eigenvalue weighted by atomic mass is 9.72. The number of allylic oxidation sites excluding steroid dienone is 1. The van der Waals surface area contributed by atoms with Gasteiger partial charge in [0.05, 0.1) is 27.6 Å². The first-order chi connectivity index (χ1) is 32.8. The monoisotopic (exact) mass is 998 g/mol. The molecule has 3 aliphatic rings. The summed E-state index contributed by atoms with van der Waals surface area (Å²) in [5.74, 6) is -0.404. The SMILES string of the molecule is C[C@@H](CCN1CCC(N=S(C)(C)=O)CC1)Cc1ccc(S(=O)(=O)NC(=O)c2ccc(N3CCN(CC4=C(c5ccc(Cl)cc5)CC(C)(C)CC4)CC3)cc2Oc2cnc3[nH]ccc3c2)cc1[N+](=O)[O-]. The molecular formula is C51H63ClN8O7S2. The largest absolute Gasteiger partial charge is 0.455 e. The van der Waals surface area contributed by atoms with Crippen LogP contribution < -0.4 is 14.4 Å². The second kappa shape index (κ2) is 20.9. The average Bonchev–Trinajstić information content (AvgIpc) is 3.77. The number of likely N-dealkylation sites (tertiary alicyclic amines) is 1. The number of piperazine rings is 1. The number of nitrogens with one attached hydrogen (secondary N) is 2. The molecule has 15 nitrogen and oxygen atoms in total. The Morgan fingerprint density at radius 2 is 1.72 bits per heavy atom. The number of hydrogen-bond acceptors (Lipinski definition) is 12. The van der Waals surface area contributed by atoms with Gasteiger partial charge in [-0.1, -0.05) is 56.1 Å². The van der Waals surface area contributed by atoms with Crippen molar-refractivity contribution >= 4 is 65.2 Å². The molecule has 1 atom stereocenters. The van der Waals surface area contributed by atoms with Crippen LogP contribution in [0.5, 0.6) is 11.5 Å². The van der Waals surface area contributed by atoms with E-state index in [1.165, 1.54) is 35.0 Å². The number of hydrogen-bond donors (Lipinski definition) is 2. The molecule has 2 saturated heterocycles. The Labute approximate surface area is 411 Å². The highest BCUT2D eigenvalue weighted by molar-refractivity contribution is 7.92. The van der Waals surface area contributed by atoms with E-state index in [1.54, 1.807) is 43.0 Å². The first kappa shape index (κ1) is 50.1. The minimum Gasteiger partial charge on any atom is -0.455 e. The van der Waals surface area contributed by atoms with Crippen LogP contribution in [0, 0.1) is 21.4 Å². The highest BCUT2D eigenvalue weighted by Gasteiger charge is 2.31. The van der Waals surface area contributed by atoms with Gasteiger partial charge < -0.3 is 19.5 Å². The standard InChI is InChI=1S/C51H63ClN8O7S2/c1-35(16-21-57-22-17-41(18-23-57)55-68(4,5)64)28-37-8-12-44(31-47(37)60(62)63)69(65,66)56-50(61)45-13-11-42(30-48(45)67-43-29-38-15-20-53-49(38)54-33-43)59-26-24-58(25-27-59)34-39-14-19-51(2,3)32-46(39)36-6-9-40(52)10-7-36/h6-13,15,20,29-31,33,35,41H,14,16-19,21-28,32,34H2,1-5H3,(H,53,54)(H,56,61)/t35-/m0/s1. The maximum atomic E-state index is 14.1. The molecule has 0 spiro atoms. The molecule has 1 amide bonds. The fourth-order valence-corrected chi connectivity index (χ4v) is 11.8. The minimum absolute atomic E-state index is 0.0362. The zero-order valence-corrected chi connectivity index (χ0v) is 42.5. The third-order valence-electron chi connectivity index (χ3n) is 13.6. The van der Waals surface area contributed by atoms with Gasteiger partial charge in [0, 0.05) is 108 Å². The van der Waals surface area contributed by atoms with Crippen LogP contribution in [-0.2, 0) is 26.2 Å². The van der Waals surface area contributed by atoms with Crippen molar-refractivity contribution in [3.05, 3.63) is 123 Å². The molecule has 368 valence electrons. The summed E-state index contributed by atoms with van der Waals surface area (Å²) in [5, 5.41) is 13.9. The Morgan fingerprint density at radius 1 is 0.986 bits per heavy atom. The number of pyridine rings is 1. The number of amides is 1. The number of H-pyrrole nitrogens is 1. The van der Waals surface area contributed by atoms with E-state index in [-0.39, 0.29) is 34.4 Å². The van der Waals surface area contributed by atoms with Crippen molar-refractivity contribution in [3.63, 3.8) is 0 Å². The maximum absolute atomic E-state index is 14.1. The van der Waals surface area contributed by atoms with Crippen molar-refractivity contribution in [3.8, 4) is 11.5 Å². The fourth-order valence-electron chi connectivity index (χ4n) is 9.76. The van der Waals surface area contributed by atoms with Crippen LogP contribution in [0.1, 0.15) is 80.8 Å². The lowest BCUT2D eigenvalue weighted by Gasteiger charge is -2.39. The normalized spacial score (nSPS) is 18.0. The molecule has 2 aliphatic heterocycles. The number of carbonyl (C=O) groups excluding carboxylic acids is 1. The van der Waals surface area contributed by atoms with Gasteiger partial charge in [0.1, 0.15) is 17.1 Å². The Balaban J connectivity index is 0.956. The second-order valence-corrected chi connectivity index (χ2v) is 24.7. The molecule has 69 heavy (non-hydrogen) atoms. The third kappa shape index (κ3) is 12.9. The van der Waals surface area contributed by atoms with Crippen molar-refractivity contribution in [1.29, 1.82) is 0 Å². The molecule has 0 bridgehead atoms. The number of benzene rings is 3. The van der Waals surface area contributed by atoms with E-state index in [4.69, 9.17) is 16.3 Å². The molecule has 4 heterocycles. The topological polar surface area (TPSA) is 183 Å². The Hall–Kier alpha value is -5.33. The molecule has 1 aliphatic carbocycles. The zero-order valence-electron chi connectivity index (χ0n) is 40.1. The summed E-state index contributed by atoms with van der Waals surface area (Å²) in [6.45, 7) is 13.1. The number of nitro benzene ring substituents is 1. The van der Waals surface area contributed by atoms with Gasteiger partial charge >= 0.3 is 0 Å². The van der Waals surface area contributed by atoms with Gasteiger partial charge in [-0.15, -0.1) is 0 Å². The summed E-state index contributed by atoms with van der Waals surface area (Å²) in [6.07, 6.45) is 12.6. The van der Waals surface area contributed by atoms with Crippen molar-refractivity contribution in [2.24, 2.45) is 15.7 Å². The fraction of sp³-hybridized carbons (Fsp3) is 0.451. The van der Waals surface area contributed by atoms with Crippen LogP contribution in [0.3, 0.4) is 0 Å². The number of aromatic nitrogens is 2. The molecule has 3 aromatic carbocycles. The van der Waals surface area contributed by atoms with Crippen LogP contribution in [0.2, 0.25) is 5.02 Å². The smallest absolute Gasteiger partial charge is 0.273 e. The molecule has 18 heteroatoms. The highest BCUT2D eigenvalue weighted by atomic mass is 35.5. The lowest BCUT2D eigenvalue weighted by Crippen LogP contribution is -2.47. The van der Waals surface area contributed by atoms with E-state index in [9.17, 15) is 27.5 Å². The van der Waals surface area contributed by atoms with E-state index >= 15 is 0 Å². The highest BCUT2D eigenvalue weighted by Crippen LogP contribution is 2.43. The van der Waals surface area contributed by atoms with Crippen LogP contribution >= 0.6 is 11.6 Å². The van der Waals surface area contributed by atoms with Crippen molar-refractivity contribution in [2.75, 3.05) is 69.8 Å². The van der Waals surface area contributed by atoms with E-state index in [2.05, 4.69) is 59.7 Å². The van der Waals surface area contributed by atoms with Crippen molar-refractivity contribution in [1.82, 2.24) is 24.5 Å². The predicted octanol–water partition coefficient (Wildman–Crippen LogP) is 9.58. The lowest BCUT2D eigenvalue weighted by molar-refractivity contribution is -0.385. The van der Waals surface area contributed by atoms with Gasteiger partial charge in [-0.3, -0.25) is 24.0 Å².